The van der Waals surface area contributed by atoms with E-state index in [1.54, 1.807) is 0 Å². The SMILES string of the molecule is CC.CC.CCCCCN1CCNCC1. The summed E-state index contributed by atoms with van der Waals surface area (Å²) in [6.45, 7) is 16.5. The fourth-order valence-corrected chi connectivity index (χ4v) is 1.52. The molecule has 1 heterocycles. The van der Waals surface area contributed by atoms with E-state index in [4.69, 9.17) is 0 Å². The summed E-state index contributed by atoms with van der Waals surface area (Å²) in [6, 6.07) is 0. The summed E-state index contributed by atoms with van der Waals surface area (Å²) in [7, 11) is 0. The van der Waals surface area contributed by atoms with Crippen LogP contribution in [-0.2, 0) is 0 Å². The number of piperazine rings is 1. The minimum atomic E-state index is 1.19. The van der Waals surface area contributed by atoms with Crippen LogP contribution in [0.4, 0.5) is 0 Å². The zero-order valence-electron chi connectivity index (χ0n) is 11.6. The van der Waals surface area contributed by atoms with Crippen LogP contribution in [0, 0.1) is 0 Å². The van der Waals surface area contributed by atoms with E-state index in [1.165, 1.54) is 52.0 Å². The third kappa shape index (κ3) is 11.8. The first-order valence-corrected chi connectivity index (χ1v) is 6.86. The molecule has 15 heavy (non-hydrogen) atoms. The van der Waals surface area contributed by atoms with Gasteiger partial charge in [-0.1, -0.05) is 47.5 Å². The fraction of sp³-hybridized carbons (Fsp3) is 1.00. The fourth-order valence-electron chi connectivity index (χ4n) is 1.52. The third-order valence-electron chi connectivity index (χ3n) is 2.29. The van der Waals surface area contributed by atoms with E-state index in [0.717, 1.165) is 0 Å². The molecule has 0 aromatic heterocycles. The zero-order valence-corrected chi connectivity index (χ0v) is 11.6. The van der Waals surface area contributed by atoms with Crippen LogP contribution >= 0.6 is 0 Å². The third-order valence-corrected chi connectivity index (χ3v) is 2.29. The van der Waals surface area contributed by atoms with E-state index >= 15 is 0 Å². The monoisotopic (exact) mass is 216 g/mol. The second-order valence-electron chi connectivity index (χ2n) is 3.30. The summed E-state index contributed by atoms with van der Waals surface area (Å²) in [5.41, 5.74) is 0. The molecular formula is C13H32N2. The molecule has 94 valence electrons. The Morgan fingerprint density at radius 2 is 1.47 bits per heavy atom. The van der Waals surface area contributed by atoms with Gasteiger partial charge in [0.1, 0.15) is 0 Å². The molecular weight excluding hydrogens is 184 g/mol. The highest BCUT2D eigenvalue weighted by atomic mass is 15.2. The molecule has 0 atom stereocenters. The first-order valence-electron chi connectivity index (χ1n) is 6.86. The topological polar surface area (TPSA) is 15.3 Å². The molecule has 1 fully saturated rings. The molecule has 0 saturated carbocycles. The van der Waals surface area contributed by atoms with Gasteiger partial charge in [-0.15, -0.1) is 0 Å². The Labute approximate surface area is 97.4 Å². The van der Waals surface area contributed by atoms with Crippen LogP contribution in [-0.4, -0.2) is 37.6 Å². The number of rotatable bonds is 4. The van der Waals surface area contributed by atoms with Gasteiger partial charge in [-0.3, -0.25) is 0 Å². The van der Waals surface area contributed by atoms with E-state index in [-0.39, 0.29) is 0 Å². The Morgan fingerprint density at radius 3 is 1.93 bits per heavy atom. The quantitative estimate of drug-likeness (QED) is 0.726. The van der Waals surface area contributed by atoms with Crippen LogP contribution < -0.4 is 5.32 Å². The van der Waals surface area contributed by atoms with Crippen LogP contribution in [0.15, 0.2) is 0 Å². The molecule has 2 nitrogen and oxygen atoms in total. The summed E-state index contributed by atoms with van der Waals surface area (Å²) in [5.74, 6) is 0. The smallest absolute Gasteiger partial charge is 0.0107 e. The maximum Gasteiger partial charge on any atom is 0.0107 e. The summed E-state index contributed by atoms with van der Waals surface area (Å²) >= 11 is 0. The average molecular weight is 216 g/mol. The van der Waals surface area contributed by atoms with Gasteiger partial charge in [-0.05, 0) is 13.0 Å². The molecule has 0 amide bonds. The second-order valence-corrected chi connectivity index (χ2v) is 3.30. The van der Waals surface area contributed by atoms with E-state index in [0.29, 0.717) is 0 Å². The highest BCUT2D eigenvalue weighted by molar-refractivity contribution is 4.66. The Kier molecular flexibility index (Phi) is 18.9. The van der Waals surface area contributed by atoms with Gasteiger partial charge in [0.25, 0.3) is 0 Å². The predicted molar refractivity (Wildman–Crippen MR) is 71.5 cm³/mol. The number of nitrogens with one attached hydrogen (secondary N) is 1. The molecule has 1 N–H and O–H groups in total. The zero-order chi connectivity index (χ0) is 11.9. The van der Waals surface area contributed by atoms with Crippen molar-refractivity contribution >= 4 is 0 Å². The summed E-state index contributed by atoms with van der Waals surface area (Å²) in [6.07, 6.45) is 4.12. The maximum atomic E-state index is 3.36. The number of nitrogens with zero attached hydrogens (tertiary/aromatic N) is 1. The molecule has 0 aromatic carbocycles. The number of hydrogen-bond acceptors (Lipinski definition) is 2. The van der Waals surface area contributed by atoms with Crippen molar-refractivity contribution in [2.45, 2.75) is 53.9 Å². The molecule has 0 bridgehead atoms. The highest BCUT2D eigenvalue weighted by Gasteiger charge is 2.07. The van der Waals surface area contributed by atoms with Crippen molar-refractivity contribution < 1.29 is 0 Å². The summed E-state index contributed by atoms with van der Waals surface area (Å²) < 4.78 is 0. The lowest BCUT2D eigenvalue weighted by atomic mass is 10.2. The molecule has 0 aliphatic carbocycles. The normalized spacial score (nSPS) is 15.8. The molecule has 1 rings (SSSR count). The van der Waals surface area contributed by atoms with Gasteiger partial charge in [-0.25, -0.2) is 0 Å². The average Bonchev–Trinajstić information content (AvgIpc) is 2.36. The Balaban J connectivity index is 0. The van der Waals surface area contributed by atoms with E-state index in [1.807, 2.05) is 27.7 Å². The molecule has 0 aromatic rings. The van der Waals surface area contributed by atoms with Crippen molar-refractivity contribution in [2.24, 2.45) is 0 Å². The number of unbranched alkanes of at least 4 members (excludes halogenated alkanes) is 2. The van der Waals surface area contributed by atoms with Gasteiger partial charge >= 0.3 is 0 Å². The van der Waals surface area contributed by atoms with Crippen molar-refractivity contribution in [3.8, 4) is 0 Å². The first-order chi connectivity index (χ1) is 7.43. The van der Waals surface area contributed by atoms with Crippen molar-refractivity contribution in [3.63, 3.8) is 0 Å². The molecule has 1 aliphatic heterocycles. The lowest BCUT2D eigenvalue weighted by Gasteiger charge is -2.26. The van der Waals surface area contributed by atoms with Gasteiger partial charge in [-0.2, -0.15) is 0 Å². The lowest BCUT2D eigenvalue weighted by molar-refractivity contribution is 0.236. The Hall–Kier alpha value is -0.0800. The largest absolute Gasteiger partial charge is 0.314 e. The Morgan fingerprint density at radius 1 is 0.933 bits per heavy atom. The lowest BCUT2D eigenvalue weighted by Crippen LogP contribution is -2.43. The molecule has 0 spiro atoms. The van der Waals surface area contributed by atoms with E-state index < -0.39 is 0 Å². The standard InChI is InChI=1S/C9H20N2.2C2H6/c1-2-3-4-7-11-8-5-10-6-9-11;2*1-2/h10H,2-9H2,1H3;2*1-2H3. The molecule has 1 aliphatic rings. The minimum Gasteiger partial charge on any atom is -0.314 e. The summed E-state index contributed by atoms with van der Waals surface area (Å²) in [5, 5.41) is 3.36. The van der Waals surface area contributed by atoms with E-state index in [9.17, 15) is 0 Å². The second kappa shape index (κ2) is 16.4. The van der Waals surface area contributed by atoms with Gasteiger partial charge in [0.2, 0.25) is 0 Å². The predicted octanol–water partition coefficient (Wildman–Crippen LogP) is 3.13. The van der Waals surface area contributed by atoms with Gasteiger partial charge in [0, 0.05) is 26.2 Å². The van der Waals surface area contributed by atoms with Crippen molar-refractivity contribution in [2.75, 3.05) is 32.7 Å². The molecule has 2 heteroatoms. The van der Waals surface area contributed by atoms with Crippen molar-refractivity contribution in [1.29, 1.82) is 0 Å². The van der Waals surface area contributed by atoms with Gasteiger partial charge < -0.3 is 10.2 Å². The minimum absolute atomic E-state index is 1.19. The van der Waals surface area contributed by atoms with Crippen LogP contribution in [0.25, 0.3) is 0 Å². The van der Waals surface area contributed by atoms with Crippen LogP contribution in [0.5, 0.6) is 0 Å². The summed E-state index contributed by atoms with van der Waals surface area (Å²) in [4.78, 5) is 2.56. The van der Waals surface area contributed by atoms with Crippen LogP contribution in [0.3, 0.4) is 0 Å². The number of hydrogen-bond donors (Lipinski definition) is 1. The molecule has 0 radical (unpaired) electrons. The van der Waals surface area contributed by atoms with Crippen molar-refractivity contribution in [1.82, 2.24) is 10.2 Å². The molecule has 1 saturated heterocycles. The first kappa shape index (κ1) is 17.3. The van der Waals surface area contributed by atoms with Crippen LogP contribution in [0.2, 0.25) is 0 Å². The Bertz CT molecular complexity index is 88.5. The van der Waals surface area contributed by atoms with Crippen molar-refractivity contribution in [3.05, 3.63) is 0 Å². The van der Waals surface area contributed by atoms with Crippen LogP contribution in [0.1, 0.15) is 53.9 Å². The molecule has 0 unspecified atom stereocenters. The highest BCUT2D eigenvalue weighted by Crippen LogP contribution is 1.98. The van der Waals surface area contributed by atoms with Gasteiger partial charge in [0.05, 0.1) is 0 Å². The van der Waals surface area contributed by atoms with Gasteiger partial charge in [0.15, 0.2) is 0 Å². The van der Waals surface area contributed by atoms with E-state index in [2.05, 4.69) is 17.1 Å². The maximum absolute atomic E-state index is 3.36.